The molecule has 1 aliphatic rings. The van der Waals surface area contributed by atoms with E-state index in [0.29, 0.717) is 0 Å². The van der Waals surface area contributed by atoms with Gasteiger partial charge in [0.15, 0.2) is 0 Å². The molecular formula is C14H19N3. The molecule has 1 saturated heterocycles. The molecule has 0 aromatic heterocycles. The highest BCUT2D eigenvalue weighted by Crippen LogP contribution is 2.27. The first-order valence-electron chi connectivity index (χ1n) is 6.25. The van der Waals surface area contributed by atoms with Gasteiger partial charge in [-0.3, -0.25) is 0 Å². The summed E-state index contributed by atoms with van der Waals surface area (Å²) in [7, 11) is 0. The van der Waals surface area contributed by atoms with Gasteiger partial charge < -0.3 is 10.2 Å². The molecule has 90 valence electrons. The van der Waals surface area contributed by atoms with Crippen molar-refractivity contribution in [2.45, 2.75) is 20.3 Å². The van der Waals surface area contributed by atoms with E-state index in [9.17, 15) is 5.26 Å². The summed E-state index contributed by atoms with van der Waals surface area (Å²) in [5.74, 6) is 0. The minimum absolute atomic E-state index is 0.823. The lowest BCUT2D eigenvalue weighted by molar-refractivity contribution is 0.588. The molecule has 0 aliphatic carbocycles. The molecule has 1 fully saturated rings. The van der Waals surface area contributed by atoms with Crippen LogP contribution in [0.2, 0.25) is 0 Å². The Bertz CT molecular complexity index is 440. The number of piperazine rings is 1. The van der Waals surface area contributed by atoms with Gasteiger partial charge in [-0.25, -0.2) is 0 Å². The zero-order valence-corrected chi connectivity index (χ0v) is 10.6. The van der Waals surface area contributed by atoms with E-state index in [0.717, 1.165) is 43.9 Å². The normalized spacial score (nSPS) is 15.7. The summed E-state index contributed by atoms with van der Waals surface area (Å²) >= 11 is 0. The van der Waals surface area contributed by atoms with E-state index < -0.39 is 0 Å². The third-order valence-corrected chi connectivity index (χ3v) is 3.32. The summed E-state index contributed by atoms with van der Waals surface area (Å²) in [6.45, 7) is 8.21. The molecule has 1 heterocycles. The lowest BCUT2D eigenvalue weighted by Crippen LogP contribution is -2.44. The van der Waals surface area contributed by atoms with E-state index in [1.165, 1.54) is 11.1 Å². The summed E-state index contributed by atoms with van der Waals surface area (Å²) in [4.78, 5) is 2.32. The van der Waals surface area contributed by atoms with Gasteiger partial charge in [-0.1, -0.05) is 13.0 Å². The first-order chi connectivity index (χ1) is 8.26. The largest absolute Gasteiger partial charge is 0.368 e. The molecule has 0 radical (unpaired) electrons. The van der Waals surface area contributed by atoms with Crippen LogP contribution in [0, 0.1) is 18.3 Å². The lowest BCUT2D eigenvalue weighted by Gasteiger charge is -2.31. The Kier molecular flexibility index (Phi) is 3.65. The Labute approximate surface area is 103 Å². The number of nitriles is 1. The van der Waals surface area contributed by atoms with Crippen molar-refractivity contribution in [1.82, 2.24) is 5.32 Å². The van der Waals surface area contributed by atoms with Crippen LogP contribution in [-0.4, -0.2) is 26.2 Å². The van der Waals surface area contributed by atoms with Gasteiger partial charge in [0.2, 0.25) is 0 Å². The molecule has 17 heavy (non-hydrogen) atoms. The number of benzene rings is 1. The smallest absolute Gasteiger partial charge is 0.101 e. The molecule has 1 N–H and O–H groups in total. The second-order valence-corrected chi connectivity index (χ2v) is 4.51. The number of rotatable bonds is 2. The van der Waals surface area contributed by atoms with Crippen molar-refractivity contribution in [3.63, 3.8) is 0 Å². The van der Waals surface area contributed by atoms with Crippen LogP contribution in [0.25, 0.3) is 0 Å². The Hall–Kier alpha value is -1.53. The predicted octanol–water partition coefficient (Wildman–Crippen LogP) is 1.84. The van der Waals surface area contributed by atoms with Crippen molar-refractivity contribution < 1.29 is 0 Å². The average Bonchev–Trinajstić information content (AvgIpc) is 2.38. The first-order valence-corrected chi connectivity index (χ1v) is 6.25. The van der Waals surface area contributed by atoms with E-state index in [2.05, 4.69) is 36.2 Å². The molecule has 0 spiro atoms. The third-order valence-electron chi connectivity index (χ3n) is 3.32. The summed E-state index contributed by atoms with van der Waals surface area (Å²) in [5.41, 5.74) is 4.43. The molecule has 0 unspecified atom stereocenters. The second kappa shape index (κ2) is 5.20. The summed E-state index contributed by atoms with van der Waals surface area (Å²) in [6, 6.07) is 6.59. The van der Waals surface area contributed by atoms with Crippen molar-refractivity contribution in [3.05, 3.63) is 28.8 Å². The average molecular weight is 229 g/mol. The van der Waals surface area contributed by atoms with Gasteiger partial charge in [-0.05, 0) is 30.5 Å². The van der Waals surface area contributed by atoms with E-state index in [1.54, 1.807) is 0 Å². The van der Waals surface area contributed by atoms with Gasteiger partial charge in [-0.15, -0.1) is 0 Å². The van der Waals surface area contributed by atoms with Crippen LogP contribution in [0.3, 0.4) is 0 Å². The number of nitrogens with one attached hydrogen (secondary N) is 1. The maximum atomic E-state index is 9.30. The zero-order valence-electron chi connectivity index (χ0n) is 10.6. The molecule has 3 nitrogen and oxygen atoms in total. The van der Waals surface area contributed by atoms with E-state index in [1.807, 2.05) is 6.07 Å². The fourth-order valence-corrected chi connectivity index (χ4v) is 2.45. The Balaban J connectivity index is 2.41. The first kappa shape index (κ1) is 11.9. The Morgan fingerprint density at radius 1 is 1.35 bits per heavy atom. The van der Waals surface area contributed by atoms with Crippen LogP contribution in [0.15, 0.2) is 12.1 Å². The fraction of sp³-hybridized carbons (Fsp3) is 0.500. The fourth-order valence-electron chi connectivity index (χ4n) is 2.45. The maximum absolute atomic E-state index is 9.30. The van der Waals surface area contributed by atoms with Crippen LogP contribution >= 0.6 is 0 Å². The predicted molar refractivity (Wildman–Crippen MR) is 70.4 cm³/mol. The molecule has 0 saturated carbocycles. The van der Waals surface area contributed by atoms with Crippen LogP contribution < -0.4 is 10.2 Å². The van der Waals surface area contributed by atoms with Gasteiger partial charge in [0.05, 0.1) is 11.3 Å². The highest BCUT2D eigenvalue weighted by Gasteiger charge is 2.16. The number of hydrogen-bond donors (Lipinski definition) is 1. The second-order valence-electron chi connectivity index (χ2n) is 4.51. The monoisotopic (exact) mass is 229 g/mol. The van der Waals surface area contributed by atoms with Crippen molar-refractivity contribution in [1.29, 1.82) is 5.26 Å². The van der Waals surface area contributed by atoms with E-state index >= 15 is 0 Å². The molecule has 3 heteroatoms. The zero-order chi connectivity index (χ0) is 12.3. The highest BCUT2D eigenvalue weighted by molar-refractivity contribution is 5.65. The van der Waals surface area contributed by atoms with Gasteiger partial charge in [-0.2, -0.15) is 5.26 Å². The lowest BCUT2D eigenvalue weighted by atomic mass is 10.0. The van der Waals surface area contributed by atoms with Crippen LogP contribution in [0.4, 0.5) is 5.69 Å². The third kappa shape index (κ3) is 2.42. The van der Waals surface area contributed by atoms with Crippen LogP contribution in [0.1, 0.15) is 23.6 Å². The number of aryl methyl sites for hydroxylation is 2. The molecule has 1 aliphatic heterocycles. The molecule has 0 bridgehead atoms. The number of nitrogens with zero attached hydrogens (tertiary/aromatic N) is 2. The van der Waals surface area contributed by atoms with Crippen molar-refractivity contribution in [2.75, 3.05) is 31.1 Å². The van der Waals surface area contributed by atoms with Gasteiger partial charge in [0.1, 0.15) is 6.07 Å². The minimum atomic E-state index is 0.823. The highest BCUT2D eigenvalue weighted by atomic mass is 15.2. The van der Waals surface area contributed by atoms with E-state index in [-0.39, 0.29) is 0 Å². The van der Waals surface area contributed by atoms with Crippen molar-refractivity contribution in [2.24, 2.45) is 0 Å². The van der Waals surface area contributed by atoms with Gasteiger partial charge in [0.25, 0.3) is 0 Å². The van der Waals surface area contributed by atoms with E-state index in [4.69, 9.17) is 0 Å². The molecule has 2 rings (SSSR count). The summed E-state index contributed by atoms with van der Waals surface area (Å²) in [6.07, 6.45) is 0.983. The Morgan fingerprint density at radius 2 is 2.06 bits per heavy atom. The van der Waals surface area contributed by atoms with Crippen LogP contribution in [0.5, 0.6) is 0 Å². The molecule has 1 aromatic carbocycles. The standard InChI is InChI=1S/C14H19N3/c1-3-12-8-11(2)14(13(9-12)10-15)17-6-4-16-5-7-17/h8-9,16H,3-7H2,1-2H3. The summed E-state index contributed by atoms with van der Waals surface area (Å²) in [5, 5.41) is 12.6. The van der Waals surface area contributed by atoms with Crippen molar-refractivity contribution in [3.8, 4) is 6.07 Å². The SMILES string of the molecule is CCc1cc(C)c(N2CCNCC2)c(C#N)c1. The number of hydrogen-bond acceptors (Lipinski definition) is 3. The Morgan fingerprint density at radius 3 is 2.65 bits per heavy atom. The molecule has 1 aromatic rings. The molecule has 0 amide bonds. The van der Waals surface area contributed by atoms with Crippen molar-refractivity contribution >= 4 is 5.69 Å². The van der Waals surface area contributed by atoms with Crippen LogP contribution in [-0.2, 0) is 6.42 Å². The number of anilines is 1. The minimum Gasteiger partial charge on any atom is -0.368 e. The van der Waals surface area contributed by atoms with Gasteiger partial charge in [0, 0.05) is 26.2 Å². The molecule has 0 atom stereocenters. The maximum Gasteiger partial charge on any atom is 0.101 e. The summed E-state index contributed by atoms with van der Waals surface area (Å²) < 4.78 is 0. The quantitative estimate of drug-likeness (QED) is 0.841. The molecular weight excluding hydrogens is 210 g/mol. The topological polar surface area (TPSA) is 39.1 Å². The van der Waals surface area contributed by atoms with Gasteiger partial charge >= 0.3 is 0 Å².